The van der Waals surface area contributed by atoms with Gasteiger partial charge in [0.1, 0.15) is 0 Å². The Morgan fingerprint density at radius 2 is 0.537 bits per heavy atom. The largest absolute Gasteiger partial charge is 0.378 e. The first-order valence-electron chi connectivity index (χ1n) is 18.5. The number of anilines is 8. The molecule has 0 spiro atoms. The number of hydrogen-bond acceptors (Lipinski definition) is 4. The average Bonchev–Trinajstić information content (AvgIpc) is 3.21. The van der Waals surface area contributed by atoms with Crippen LogP contribution in [0.1, 0.15) is 0 Å². The summed E-state index contributed by atoms with van der Waals surface area (Å²) in [4.78, 5) is 8.99. The molecule has 0 atom stereocenters. The van der Waals surface area contributed by atoms with E-state index >= 15 is 0 Å². The molecule has 0 N–H and O–H groups in total. The van der Waals surface area contributed by atoms with E-state index in [0.717, 1.165) is 34.1 Å². The summed E-state index contributed by atoms with van der Waals surface area (Å²) >= 11 is 0. The molecule has 54 heavy (non-hydrogen) atoms. The fourth-order valence-corrected chi connectivity index (χ4v) is 7.77. The molecule has 0 aromatic heterocycles. The molecule has 0 unspecified atom stereocenters. The van der Waals surface area contributed by atoms with Crippen LogP contribution in [0, 0.1) is 0 Å². The predicted molar refractivity (Wildman–Crippen MR) is 234 cm³/mol. The summed E-state index contributed by atoms with van der Waals surface area (Å²) in [5.41, 5.74) is 11.5. The molecule has 0 heterocycles. The van der Waals surface area contributed by atoms with E-state index in [4.69, 9.17) is 0 Å². The molecule has 9 aromatic rings. The van der Waals surface area contributed by atoms with Crippen molar-refractivity contribution in [3.63, 3.8) is 0 Å². The summed E-state index contributed by atoms with van der Waals surface area (Å²) < 4.78 is 0. The van der Waals surface area contributed by atoms with E-state index in [-0.39, 0.29) is 0 Å². The minimum atomic E-state index is 1.12. The lowest BCUT2D eigenvalue weighted by Gasteiger charge is -2.28. The van der Waals surface area contributed by atoms with Gasteiger partial charge in [-0.15, -0.1) is 0 Å². The first kappa shape index (κ1) is 33.1. The van der Waals surface area contributed by atoms with Crippen molar-refractivity contribution in [2.75, 3.05) is 47.8 Å². The maximum Gasteiger partial charge on any atom is 0.0473 e. The highest BCUT2D eigenvalue weighted by Gasteiger charge is 2.19. The molecule has 0 aliphatic rings. The Bertz CT molecular complexity index is 2620. The first-order chi connectivity index (χ1) is 26.4. The summed E-state index contributed by atoms with van der Waals surface area (Å²) in [6.07, 6.45) is 0. The van der Waals surface area contributed by atoms with Crippen LogP contribution in [-0.4, -0.2) is 28.2 Å². The van der Waals surface area contributed by atoms with Gasteiger partial charge in [-0.05, 0) is 141 Å². The number of nitrogens with zero attached hydrogens (tertiary/aromatic N) is 4. The molecule has 0 aliphatic heterocycles. The van der Waals surface area contributed by atoms with Gasteiger partial charge in [-0.2, -0.15) is 0 Å². The Hall–Kier alpha value is -6.78. The number of benzene rings is 9. The quantitative estimate of drug-likeness (QED) is 0.139. The molecule has 0 fully saturated rings. The molecule has 4 nitrogen and oxygen atoms in total. The maximum absolute atomic E-state index is 2.37. The van der Waals surface area contributed by atoms with E-state index in [1.165, 1.54) is 54.8 Å². The highest BCUT2D eigenvalue weighted by Crippen LogP contribution is 2.44. The van der Waals surface area contributed by atoms with Gasteiger partial charge in [-0.1, -0.05) is 84.9 Å². The molecule has 0 amide bonds. The Balaban J connectivity index is 1.14. The average molecular weight is 699 g/mol. The third kappa shape index (κ3) is 6.02. The van der Waals surface area contributed by atoms with Crippen molar-refractivity contribution in [3.8, 4) is 11.1 Å². The lowest BCUT2D eigenvalue weighted by molar-refractivity contribution is 1.13. The predicted octanol–water partition coefficient (Wildman–Crippen LogP) is 13.3. The molecule has 0 saturated heterocycles. The second-order valence-corrected chi connectivity index (χ2v) is 14.4. The smallest absolute Gasteiger partial charge is 0.0473 e. The highest BCUT2D eigenvalue weighted by molar-refractivity contribution is 6.24. The normalized spacial score (nSPS) is 11.3. The SMILES string of the molecule is CN(C)c1ccc(-c2ccc(N(c3ccccc3)c3cc4ccc5cc(N(c6ccccc6)c6ccc(N(C)C)cc6)cc6ccc(c3)c4c56)cc2)cc1. The summed E-state index contributed by atoms with van der Waals surface area (Å²) in [5.74, 6) is 0. The zero-order chi connectivity index (χ0) is 36.8. The van der Waals surface area contributed by atoms with Crippen LogP contribution in [0.25, 0.3) is 43.4 Å². The van der Waals surface area contributed by atoms with Crippen molar-refractivity contribution in [2.45, 2.75) is 0 Å². The Morgan fingerprint density at radius 3 is 0.870 bits per heavy atom. The molecular weight excluding hydrogens is 657 g/mol. The van der Waals surface area contributed by atoms with E-state index in [1.54, 1.807) is 0 Å². The fraction of sp³-hybridized carbons (Fsp3) is 0.0800. The summed E-state index contributed by atoms with van der Waals surface area (Å²) in [6, 6.07) is 66.3. The van der Waals surface area contributed by atoms with Gasteiger partial charge in [0.05, 0.1) is 0 Å². The van der Waals surface area contributed by atoms with Crippen LogP contribution in [0.3, 0.4) is 0 Å². The Morgan fingerprint density at radius 1 is 0.259 bits per heavy atom. The summed E-state index contributed by atoms with van der Waals surface area (Å²) in [5, 5.41) is 7.51. The van der Waals surface area contributed by atoms with Crippen LogP contribution in [0.15, 0.2) is 182 Å². The third-order valence-electron chi connectivity index (χ3n) is 10.5. The van der Waals surface area contributed by atoms with Gasteiger partial charge in [-0.25, -0.2) is 0 Å². The van der Waals surface area contributed by atoms with Crippen molar-refractivity contribution >= 4 is 77.8 Å². The number of rotatable bonds is 9. The molecule has 9 aromatic carbocycles. The molecule has 0 radical (unpaired) electrons. The van der Waals surface area contributed by atoms with Gasteiger partial charge in [-0.3, -0.25) is 0 Å². The summed E-state index contributed by atoms with van der Waals surface area (Å²) in [7, 11) is 8.30. The first-order valence-corrected chi connectivity index (χ1v) is 18.5. The lowest BCUT2D eigenvalue weighted by Crippen LogP contribution is -2.11. The van der Waals surface area contributed by atoms with Crippen molar-refractivity contribution in [3.05, 3.63) is 182 Å². The number of hydrogen-bond donors (Lipinski definition) is 0. The van der Waals surface area contributed by atoms with Crippen LogP contribution in [0.5, 0.6) is 0 Å². The molecule has 9 rings (SSSR count). The van der Waals surface area contributed by atoms with Gasteiger partial charge < -0.3 is 19.6 Å². The Kier molecular flexibility index (Phi) is 8.36. The van der Waals surface area contributed by atoms with E-state index in [2.05, 4.69) is 230 Å². The summed E-state index contributed by atoms with van der Waals surface area (Å²) in [6.45, 7) is 0. The van der Waals surface area contributed by atoms with Crippen LogP contribution in [0.2, 0.25) is 0 Å². The van der Waals surface area contributed by atoms with Crippen molar-refractivity contribution in [1.82, 2.24) is 0 Å². The van der Waals surface area contributed by atoms with Crippen molar-refractivity contribution < 1.29 is 0 Å². The van der Waals surface area contributed by atoms with Gasteiger partial charge in [0.2, 0.25) is 0 Å². The van der Waals surface area contributed by atoms with Crippen molar-refractivity contribution in [1.29, 1.82) is 0 Å². The molecule has 0 saturated carbocycles. The zero-order valence-corrected chi connectivity index (χ0v) is 31.1. The van der Waals surface area contributed by atoms with Crippen molar-refractivity contribution in [2.24, 2.45) is 0 Å². The minimum Gasteiger partial charge on any atom is -0.378 e. The number of para-hydroxylation sites is 2. The molecule has 4 heteroatoms. The lowest BCUT2D eigenvalue weighted by atomic mass is 9.92. The highest BCUT2D eigenvalue weighted by atomic mass is 15.1. The fourth-order valence-electron chi connectivity index (χ4n) is 7.77. The second-order valence-electron chi connectivity index (χ2n) is 14.4. The molecule has 262 valence electrons. The minimum absolute atomic E-state index is 1.12. The molecule has 0 aliphatic carbocycles. The van der Waals surface area contributed by atoms with E-state index in [1.807, 2.05) is 0 Å². The van der Waals surface area contributed by atoms with E-state index in [9.17, 15) is 0 Å². The Labute approximate surface area is 317 Å². The topological polar surface area (TPSA) is 13.0 Å². The standard InChI is InChI=1S/C50H42N4/c1-51(2)41-23-19-35(20-24-41)36-21-25-45(26-22-36)53(43-11-7-5-8-12-43)47-31-37-15-17-39-33-48(34-40-18-16-38(32-47)49(37)50(39)40)54(44-13-9-6-10-14-44)46-29-27-42(28-30-46)52(3)4/h5-34H,1-4H3. The third-order valence-corrected chi connectivity index (χ3v) is 10.5. The van der Waals surface area contributed by atoms with Crippen LogP contribution in [-0.2, 0) is 0 Å². The van der Waals surface area contributed by atoms with Crippen LogP contribution < -0.4 is 19.6 Å². The molecular formula is C50H42N4. The van der Waals surface area contributed by atoms with E-state index < -0.39 is 0 Å². The van der Waals surface area contributed by atoms with Gasteiger partial charge >= 0.3 is 0 Å². The van der Waals surface area contributed by atoms with Gasteiger partial charge in [0, 0.05) is 73.7 Å². The zero-order valence-electron chi connectivity index (χ0n) is 31.1. The van der Waals surface area contributed by atoms with Crippen LogP contribution in [0.4, 0.5) is 45.5 Å². The van der Waals surface area contributed by atoms with Crippen LogP contribution >= 0.6 is 0 Å². The van der Waals surface area contributed by atoms with Gasteiger partial charge in [0.25, 0.3) is 0 Å². The second kappa shape index (κ2) is 13.6. The van der Waals surface area contributed by atoms with E-state index in [0.29, 0.717) is 0 Å². The monoisotopic (exact) mass is 698 g/mol. The van der Waals surface area contributed by atoms with Gasteiger partial charge in [0.15, 0.2) is 0 Å². The molecule has 0 bridgehead atoms. The maximum atomic E-state index is 2.37.